The number of unbranched alkanes of at least 4 members (excludes halogenated alkanes) is 1. The number of hydrogen-bond donors (Lipinski definition) is 4. The number of hydrogen-bond acceptors (Lipinski definition) is 6. The van der Waals surface area contributed by atoms with E-state index in [1.807, 2.05) is 6.92 Å². The quantitative estimate of drug-likeness (QED) is 0.394. The molecule has 2 aromatic rings. The highest BCUT2D eigenvalue weighted by molar-refractivity contribution is 6.35. The van der Waals surface area contributed by atoms with E-state index in [1.165, 1.54) is 17.0 Å². The molecule has 9 heteroatoms. The number of imide groups is 1. The Bertz CT molecular complexity index is 1180. The van der Waals surface area contributed by atoms with Gasteiger partial charge in [-0.3, -0.25) is 24.6 Å². The summed E-state index contributed by atoms with van der Waals surface area (Å²) in [6.45, 7) is 2.30. The Balaban J connectivity index is 1.61. The van der Waals surface area contributed by atoms with E-state index in [2.05, 4.69) is 10.6 Å². The molecule has 33 heavy (non-hydrogen) atoms. The summed E-state index contributed by atoms with van der Waals surface area (Å²) < 4.78 is 0. The third kappa shape index (κ3) is 3.04. The van der Waals surface area contributed by atoms with Gasteiger partial charge >= 0.3 is 0 Å². The molecule has 0 saturated carbocycles. The Labute approximate surface area is 195 Å². The number of nitrogens with one attached hydrogen (secondary N) is 2. The zero-order chi connectivity index (χ0) is 23.5. The zero-order valence-corrected chi connectivity index (χ0v) is 18.7. The molecule has 0 aromatic heterocycles. The molecule has 3 aliphatic rings. The number of likely N-dealkylation sites (tertiary alicyclic amines) is 1. The standard InChI is InChI=1S/C24H24ClN3O5/c1-2-3-9-28-21(31)18-15(10-12-7-8-16(29)17(30)11-12)27-24(19(18)22(28)32)13-5-4-6-14(25)20(13)26-23(24)33/h4-8,11,15,18-19,27,29-30H,2-3,9-10H2,1H3,(H,26,33). The topological polar surface area (TPSA) is 119 Å². The van der Waals surface area contributed by atoms with Crippen molar-refractivity contribution in [2.45, 2.75) is 37.8 Å². The van der Waals surface area contributed by atoms with Gasteiger partial charge in [0.15, 0.2) is 11.5 Å². The van der Waals surface area contributed by atoms with Crippen LogP contribution in [0, 0.1) is 11.8 Å². The van der Waals surface area contributed by atoms with Gasteiger partial charge in [0.1, 0.15) is 5.54 Å². The van der Waals surface area contributed by atoms with Crippen LogP contribution in [0.2, 0.25) is 5.02 Å². The number of nitrogens with zero attached hydrogens (tertiary/aromatic N) is 1. The van der Waals surface area contributed by atoms with Crippen LogP contribution in [0.3, 0.4) is 0 Å². The smallest absolute Gasteiger partial charge is 0.250 e. The highest BCUT2D eigenvalue weighted by atomic mass is 35.5. The van der Waals surface area contributed by atoms with Crippen molar-refractivity contribution in [3.05, 3.63) is 52.5 Å². The minimum absolute atomic E-state index is 0.246. The van der Waals surface area contributed by atoms with Crippen molar-refractivity contribution in [2.75, 3.05) is 11.9 Å². The van der Waals surface area contributed by atoms with Gasteiger partial charge in [0.2, 0.25) is 17.7 Å². The van der Waals surface area contributed by atoms with Gasteiger partial charge in [0.05, 0.1) is 22.5 Å². The van der Waals surface area contributed by atoms with E-state index < -0.39 is 29.3 Å². The maximum absolute atomic E-state index is 13.6. The molecule has 3 heterocycles. The Morgan fingerprint density at radius 2 is 1.88 bits per heavy atom. The highest BCUT2D eigenvalue weighted by Crippen LogP contribution is 2.54. The molecule has 5 rings (SSSR count). The number of amides is 3. The largest absolute Gasteiger partial charge is 0.504 e. The van der Waals surface area contributed by atoms with Gasteiger partial charge in [-0.25, -0.2) is 0 Å². The zero-order valence-electron chi connectivity index (χ0n) is 18.0. The Kier molecular flexibility index (Phi) is 5.10. The fourth-order valence-electron chi connectivity index (χ4n) is 5.51. The predicted octanol–water partition coefficient (Wildman–Crippen LogP) is 2.51. The van der Waals surface area contributed by atoms with Crippen LogP contribution in [0.4, 0.5) is 5.69 Å². The molecule has 2 saturated heterocycles. The van der Waals surface area contributed by atoms with Crippen LogP contribution < -0.4 is 10.6 Å². The van der Waals surface area contributed by atoms with Crippen molar-refractivity contribution in [1.29, 1.82) is 0 Å². The summed E-state index contributed by atoms with van der Waals surface area (Å²) >= 11 is 6.34. The Morgan fingerprint density at radius 1 is 1.09 bits per heavy atom. The van der Waals surface area contributed by atoms with E-state index in [9.17, 15) is 24.6 Å². The molecule has 0 radical (unpaired) electrons. The average molecular weight is 470 g/mol. The number of carbonyl (C=O) groups excluding carboxylic acids is 3. The van der Waals surface area contributed by atoms with Gasteiger partial charge in [-0.2, -0.15) is 0 Å². The number of halogens is 1. The summed E-state index contributed by atoms with van der Waals surface area (Å²) in [7, 11) is 0. The van der Waals surface area contributed by atoms with Crippen LogP contribution in [0.15, 0.2) is 36.4 Å². The first-order chi connectivity index (χ1) is 15.8. The van der Waals surface area contributed by atoms with Gasteiger partial charge < -0.3 is 15.5 Å². The monoisotopic (exact) mass is 469 g/mol. The summed E-state index contributed by atoms with van der Waals surface area (Å²) in [5.74, 6) is -3.23. The first kappa shape index (κ1) is 21.7. The molecular weight excluding hydrogens is 446 g/mol. The lowest BCUT2D eigenvalue weighted by Crippen LogP contribution is -2.53. The number of aromatic hydroxyl groups is 2. The van der Waals surface area contributed by atoms with E-state index in [4.69, 9.17) is 11.6 Å². The number of fused-ring (bicyclic) bond motifs is 4. The van der Waals surface area contributed by atoms with Crippen LogP contribution in [0.1, 0.15) is 30.9 Å². The van der Waals surface area contributed by atoms with Crippen molar-refractivity contribution >= 4 is 35.0 Å². The van der Waals surface area contributed by atoms with Crippen LogP contribution in [0.25, 0.3) is 0 Å². The van der Waals surface area contributed by atoms with Crippen LogP contribution >= 0.6 is 11.6 Å². The lowest BCUT2D eigenvalue weighted by Gasteiger charge is -2.29. The van der Waals surface area contributed by atoms with Crippen molar-refractivity contribution in [3.8, 4) is 11.5 Å². The van der Waals surface area contributed by atoms with Gasteiger partial charge in [0, 0.05) is 18.2 Å². The molecule has 0 aliphatic carbocycles. The summed E-state index contributed by atoms with van der Waals surface area (Å²) in [5, 5.41) is 26.1. The van der Waals surface area contributed by atoms with E-state index in [0.717, 1.165) is 6.42 Å². The highest BCUT2D eigenvalue weighted by Gasteiger charge is 2.70. The first-order valence-corrected chi connectivity index (χ1v) is 11.4. The molecule has 1 spiro atoms. The lowest BCUT2D eigenvalue weighted by molar-refractivity contribution is -0.142. The second-order valence-electron chi connectivity index (χ2n) is 8.89. The molecule has 2 fully saturated rings. The number of para-hydroxylation sites is 1. The second kappa shape index (κ2) is 7.74. The van der Waals surface area contributed by atoms with Crippen molar-refractivity contribution in [3.63, 3.8) is 0 Å². The number of carbonyl (C=O) groups is 3. The first-order valence-electron chi connectivity index (χ1n) is 11.0. The van der Waals surface area contributed by atoms with E-state index in [1.54, 1.807) is 24.3 Å². The van der Waals surface area contributed by atoms with Crippen LogP contribution in [-0.2, 0) is 26.3 Å². The summed E-state index contributed by atoms with van der Waals surface area (Å²) in [6.07, 6.45) is 1.79. The fourth-order valence-corrected chi connectivity index (χ4v) is 5.74. The van der Waals surface area contributed by atoms with Crippen molar-refractivity contribution in [2.24, 2.45) is 11.8 Å². The molecule has 4 atom stereocenters. The third-order valence-electron chi connectivity index (χ3n) is 7.02. The Hall–Kier alpha value is -3.10. The summed E-state index contributed by atoms with van der Waals surface area (Å²) in [5.41, 5.74) is 0.258. The van der Waals surface area contributed by atoms with Crippen molar-refractivity contribution < 1.29 is 24.6 Å². The maximum atomic E-state index is 13.6. The molecule has 4 unspecified atom stereocenters. The van der Waals surface area contributed by atoms with E-state index in [-0.39, 0.29) is 29.7 Å². The summed E-state index contributed by atoms with van der Waals surface area (Å²) in [6, 6.07) is 9.04. The lowest BCUT2D eigenvalue weighted by atomic mass is 9.76. The Morgan fingerprint density at radius 3 is 2.61 bits per heavy atom. The van der Waals surface area contributed by atoms with Gasteiger partial charge in [0.25, 0.3) is 0 Å². The number of phenols is 2. The molecule has 2 aromatic carbocycles. The average Bonchev–Trinajstić information content (AvgIpc) is 3.35. The molecule has 4 N–H and O–H groups in total. The predicted molar refractivity (Wildman–Crippen MR) is 121 cm³/mol. The van der Waals surface area contributed by atoms with Crippen LogP contribution in [-0.4, -0.2) is 45.4 Å². The molecule has 3 amide bonds. The van der Waals surface area contributed by atoms with Gasteiger partial charge in [-0.1, -0.05) is 43.1 Å². The van der Waals surface area contributed by atoms with Crippen molar-refractivity contribution in [1.82, 2.24) is 10.2 Å². The molecule has 0 bridgehead atoms. The number of phenolic OH excluding ortho intramolecular Hbond substituents is 2. The normalized spacial score (nSPS) is 27.9. The summed E-state index contributed by atoms with van der Waals surface area (Å²) in [4.78, 5) is 41.8. The second-order valence-corrected chi connectivity index (χ2v) is 9.29. The number of benzene rings is 2. The number of anilines is 1. The molecular formula is C24H24ClN3O5. The molecule has 172 valence electrons. The van der Waals surface area contributed by atoms with Gasteiger partial charge in [-0.15, -0.1) is 0 Å². The maximum Gasteiger partial charge on any atom is 0.250 e. The van der Waals surface area contributed by atoms with E-state index >= 15 is 0 Å². The molecule has 3 aliphatic heterocycles. The van der Waals surface area contributed by atoms with E-state index in [0.29, 0.717) is 34.8 Å². The third-order valence-corrected chi connectivity index (χ3v) is 7.34. The van der Waals surface area contributed by atoms with Crippen LogP contribution in [0.5, 0.6) is 11.5 Å². The minimum Gasteiger partial charge on any atom is -0.504 e. The number of rotatable bonds is 5. The SMILES string of the molecule is CCCCN1C(=O)C2C(Cc3ccc(O)c(O)c3)NC3(C(=O)Nc4c(Cl)cccc43)C2C1=O. The van der Waals surface area contributed by atoms with Gasteiger partial charge in [-0.05, 0) is 36.6 Å². The minimum atomic E-state index is -1.41. The molecule has 8 nitrogen and oxygen atoms in total. The fraction of sp³-hybridized carbons (Fsp3) is 0.375.